The fraction of sp³-hybridized carbons (Fsp3) is 0.400. The summed E-state index contributed by atoms with van der Waals surface area (Å²) < 4.78 is 90.3. The summed E-state index contributed by atoms with van der Waals surface area (Å²) >= 11 is 17.7. The van der Waals surface area contributed by atoms with Gasteiger partial charge in [-0.2, -0.15) is 26.3 Å². The molecule has 0 spiro atoms. The van der Waals surface area contributed by atoms with Gasteiger partial charge in [-0.25, -0.2) is 0 Å². The van der Waals surface area contributed by atoms with Gasteiger partial charge in [-0.05, 0) is 41.2 Å². The lowest BCUT2D eigenvalue weighted by Gasteiger charge is -2.18. The molecule has 0 fully saturated rings. The molecule has 0 aliphatic heterocycles. The lowest BCUT2D eigenvalue weighted by molar-refractivity contribution is -0.139. The number of benzene rings is 2. The second kappa shape index (κ2) is 13.0. The number of alkyl halides is 6. The van der Waals surface area contributed by atoms with Crippen LogP contribution in [0, 0.1) is 5.92 Å². The summed E-state index contributed by atoms with van der Waals surface area (Å²) in [6, 6.07) is 6.72. The molecule has 2 rings (SSSR count). The normalized spacial score (nSPS) is 15.1. The molecule has 0 bridgehead atoms. The number of aryl methyl sites for hydroxylation is 1. The molecule has 204 valence electrons. The Hall–Kier alpha value is -1.55. The van der Waals surface area contributed by atoms with E-state index in [9.17, 15) is 35.3 Å². The first-order chi connectivity index (χ1) is 17.0. The van der Waals surface area contributed by atoms with E-state index < -0.39 is 40.7 Å². The molecule has 2 aromatic rings. The Kier molecular flexibility index (Phi) is 11.1. The highest BCUT2D eigenvalue weighted by Gasteiger charge is 2.39. The van der Waals surface area contributed by atoms with Gasteiger partial charge in [-0.15, -0.1) is 0 Å². The first-order valence-electron chi connectivity index (χ1n) is 11.0. The zero-order chi connectivity index (χ0) is 28.1. The first kappa shape index (κ1) is 31.7. The molecule has 0 saturated carbocycles. The number of rotatable bonds is 10. The number of allylic oxidation sites excluding steroid dienone is 1. The van der Waals surface area contributed by atoms with Gasteiger partial charge >= 0.3 is 12.4 Å². The highest BCUT2D eigenvalue weighted by Crippen LogP contribution is 2.41. The zero-order valence-electron chi connectivity index (χ0n) is 19.7. The molecule has 2 aromatic carbocycles. The van der Waals surface area contributed by atoms with Crippen molar-refractivity contribution in [3.05, 3.63) is 73.7 Å². The van der Waals surface area contributed by atoms with Crippen LogP contribution in [-0.2, 0) is 17.2 Å². The van der Waals surface area contributed by atoms with Crippen molar-refractivity contribution >= 4 is 57.5 Å². The Bertz CT molecular complexity index is 1150. The lowest BCUT2D eigenvalue weighted by Crippen LogP contribution is -2.23. The van der Waals surface area contributed by atoms with E-state index in [1.807, 2.05) is 0 Å². The maximum absolute atomic E-state index is 13.8. The van der Waals surface area contributed by atoms with Crippen molar-refractivity contribution in [1.82, 2.24) is 0 Å². The molecular weight excluding hydrogens is 585 g/mol. The standard InChI is InChI=1S/C25H23Cl3F6O2S/c1-3-16-9-15(4-6-18(16)22(35)8-14(2)12-37(36)13-24(29,30)31)5-7-19(25(32,33)34)17-10-20(26)23(28)21(27)11-17/h4-7,9-11,14,19H,3,8,12-13H2,1-2H3/b7-5+/t14-,19?,37?/m0/s1. The molecule has 0 aliphatic carbocycles. The van der Waals surface area contributed by atoms with Crippen LogP contribution in [0.3, 0.4) is 0 Å². The Morgan fingerprint density at radius 3 is 2.14 bits per heavy atom. The summed E-state index contributed by atoms with van der Waals surface area (Å²) in [4.78, 5) is 12.8. The Morgan fingerprint density at radius 1 is 1.03 bits per heavy atom. The second-order valence-corrected chi connectivity index (χ2v) is 11.2. The third-order valence-electron chi connectivity index (χ3n) is 5.34. The summed E-state index contributed by atoms with van der Waals surface area (Å²) in [6.07, 6.45) is -6.70. The van der Waals surface area contributed by atoms with Gasteiger partial charge in [-0.1, -0.05) is 79.0 Å². The van der Waals surface area contributed by atoms with E-state index in [1.54, 1.807) is 19.9 Å². The first-order valence-corrected chi connectivity index (χ1v) is 13.6. The summed E-state index contributed by atoms with van der Waals surface area (Å²) in [6.45, 7) is 3.30. The minimum Gasteiger partial charge on any atom is -0.294 e. The predicted octanol–water partition coefficient (Wildman–Crippen LogP) is 9.09. The molecule has 0 radical (unpaired) electrons. The zero-order valence-corrected chi connectivity index (χ0v) is 22.7. The van der Waals surface area contributed by atoms with Crippen LogP contribution in [0.15, 0.2) is 36.4 Å². The van der Waals surface area contributed by atoms with E-state index >= 15 is 0 Å². The van der Waals surface area contributed by atoms with Gasteiger partial charge in [0.25, 0.3) is 0 Å². The van der Waals surface area contributed by atoms with Gasteiger partial charge < -0.3 is 0 Å². The number of hydrogen-bond acceptors (Lipinski definition) is 2. The molecule has 12 heteroatoms. The summed E-state index contributed by atoms with van der Waals surface area (Å²) in [5.74, 6) is -4.62. The van der Waals surface area contributed by atoms with E-state index in [2.05, 4.69) is 0 Å². The van der Waals surface area contributed by atoms with Crippen LogP contribution in [0.4, 0.5) is 26.3 Å². The van der Waals surface area contributed by atoms with E-state index in [0.29, 0.717) is 23.1 Å². The van der Waals surface area contributed by atoms with Crippen molar-refractivity contribution < 1.29 is 35.3 Å². The highest BCUT2D eigenvalue weighted by atomic mass is 35.5. The Morgan fingerprint density at radius 2 is 1.62 bits per heavy atom. The lowest BCUT2D eigenvalue weighted by atomic mass is 9.93. The molecule has 0 N–H and O–H groups in total. The average molecular weight is 608 g/mol. The quantitative estimate of drug-likeness (QED) is 0.153. The number of ketones is 1. The van der Waals surface area contributed by atoms with E-state index in [4.69, 9.17) is 34.8 Å². The largest absolute Gasteiger partial charge is 0.400 e. The number of carbonyl (C=O) groups excluding carboxylic acids is 1. The Labute approximate surface area is 228 Å². The van der Waals surface area contributed by atoms with Crippen molar-refractivity contribution in [2.24, 2.45) is 5.92 Å². The molecule has 2 nitrogen and oxygen atoms in total. The van der Waals surface area contributed by atoms with E-state index in [1.165, 1.54) is 18.2 Å². The molecule has 3 atom stereocenters. The van der Waals surface area contributed by atoms with Gasteiger partial charge in [0.2, 0.25) is 0 Å². The van der Waals surface area contributed by atoms with Crippen LogP contribution < -0.4 is 0 Å². The van der Waals surface area contributed by atoms with Crippen LogP contribution in [-0.4, -0.2) is 33.9 Å². The number of hydrogen-bond donors (Lipinski definition) is 0. The maximum atomic E-state index is 13.8. The van der Waals surface area contributed by atoms with Crippen LogP contribution >= 0.6 is 34.8 Å². The number of carbonyl (C=O) groups is 1. The van der Waals surface area contributed by atoms with Crippen molar-refractivity contribution in [3.8, 4) is 0 Å². The molecule has 0 aliphatic rings. The molecule has 0 aromatic heterocycles. The van der Waals surface area contributed by atoms with E-state index in [-0.39, 0.29) is 38.6 Å². The van der Waals surface area contributed by atoms with Crippen LogP contribution in [0.25, 0.3) is 6.08 Å². The molecular formula is C25H23Cl3F6O2S. The van der Waals surface area contributed by atoms with Crippen molar-refractivity contribution in [3.63, 3.8) is 0 Å². The second-order valence-electron chi connectivity index (χ2n) is 8.55. The number of halogens is 9. The highest BCUT2D eigenvalue weighted by molar-refractivity contribution is 7.85. The predicted molar refractivity (Wildman–Crippen MR) is 137 cm³/mol. The molecule has 2 unspecified atom stereocenters. The third kappa shape index (κ3) is 9.61. The van der Waals surface area contributed by atoms with Gasteiger partial charge in [-0.3, -0.25) is 9.00 Å². The monoisotopic (exact) mass is 606 g/mol. The molecule has 0 amide bonds. The third-order valence-corrected chi connectivity index (χ3v) is 8.13. The summed E-state index contributed by atoms with van der Waals surface area (Å²) in [5.41, 5.74) is 1.10. The Balaban J connectivity index is 2.24. The fourth-order valence-electron chi connectivity index (χ4n) is 3.70. The minimum atomic E-state index is -4.65. The van der Waals surface area contributed by atoms with Crippen LogP contribution in [0.1, 0.15) is 53.2 Å². The molecule has 0 heterocycles. The van der Waals surface area contributed by atoms with Crippen molar-refractivity contribution in [1.29, 1.82) is 0 Å². The smallest absolute Gasteiger partial charge is 0.294 e. The van der Waals surface area contributed by atoms with Crippen LogP contribution in [0.5, 0.6) is 0 Å². The van der Waals surface area contributed by atoms with Crippen molar-refractivity contribution in [2.75, 3.05) is 11.5 Å². The van der Waals surface area contributed by atoms with Gasteiger partial charge in [0.15, 0.2) is 5.78 Å². The molecule has 0 saturated heterocycles. The summed E-state index contributed by atoms with van der Waals surface area (Å²) in [5, 5.41) is -0.274. The maximum Gasteiger partial charge on any atom is 0.400 e. The average Bonchev–Trinajstić information content (AvgIpc) is 2.74. The summed E-state index contributed by atoms with van der Waals surface area (Å²) in [7, 11) is -2.14. The fourth-order valence-corrected chi connectivity index (χ4v) is 5.55. The SMILES string of the molecule is CCc1cc(/C=C/C(c2cc(Cl)c(Cl)c(Cl)c2)C(F)(F)F)ccc1C(=O)C[C@H](C)CS(=O)CC(F)(F)F. The number of Topliss-reactive ketones (excluding diaryl/α,β-unsaturated/α-hetero) is 1. The molecule has 37 heavy (non-hydrogen) atoms. The van der Waals surface area contributed by atoms with Crippen molar-refractivity contribution in [2.45, 2.75) is 45.0 Å². The minimum absolute atomic E-state index is 0.0502. The van der Waals surface area contributed by atoms with Gasteiger partial charge in [0.1, 0.15) is 5.75 Å². The van der Waals surface area contributed by atoms with E-state index in [0.717, 1.165) is 18.2 Å². The van der Waals surface area contributed by atoms with Gasteiger partial charge in [0.05, 0.1) is 21.0 Å². The van der Waals surface area contributed by atoms with Crippen LogP contribution in [0.2, 0.25) is 15.1 Å². The van der Waals surface area contributed by atoms with Gasteiger partial charge in [0, 0.05) is 28.5 Å². The topological polar surface area (TPSA) is 34.1 Å².